The highest BCUT2D eigenvalue weighted by Crippen LogP contribution is 2.35. The smallest absolute Gasteiger partial charge is 0.224 e. The number of hydrogen-bond acceptors (Lipinski definition) is 8. The first-order valence-corrected chi connectivity index (χ1v) is 13.2. The third-order valence-electron chi connectivity index (χ3n) is 6.19. The molecule has 39 heavy (non-hydrogen) atoms. The van der Waals surface area contributed by atoms with Gasteiger partial charge in [-0.1, -0.05) is 13.8 Å². The van der Waals surface area contributed by atoms with Gasteiger partial charge in [0.1, 0.15) is 11.2 Å². The van der Waals surface area contributed by atoms with Crippen molar-refractivity contribution in [1.82, 2.24) is 35.1 Å². The van der Waals surface area contributed by atoms with Crippen LogP contribution in [-0.4, -0.2) is 46.8 Å². The maximum absolute atomic E-state index is 12.2. The van der Waals surface area contributed by atoms with Crippen molar-refractivity contribution in [2.45, 2.75) is 27.2 Å². The molecule has 0 unspecified atom stereocenters. The molecule has 11 heteroatoms. The van der Waals surface area contributed by atoms with E-state index in [1.165, 1.54) is 11.3 Å². The molecule has 6 heterocycles. The van der Waals surface area contributed by atoms with Crippen LogP contribution < -0.4 is 5.32 Å². The number of carbonyl (C=O) groups is 2. The van der Waals surface area contributed by atoms with E-state index < -0.39 is 0 Å². The van der Waals surface area contributed by atoms with Crippen molar-refractivity contribution in [3.8, 4) is 33.1 Å². The molecule has 0 saturated heterocycles. The normalized spacial score (nSPS) is 11.5. The molecule has 0 fully saturated rings. The average Bonchev–Trinajstić information content (AvgIpc) is 3.65. The summed E-state index contributed by atoms with van der Waals surface area (Å²) in [5, 5.41) is 11.2. The second-order valence-corrected chi connectivity index (χ2v) is 10.7. The lowest BCUT2D eigenvalue weighted by Gasteiger charge is -2.08. The molecule has 1 amide bonds. The Bertz CT molecular complexity index is 1870. The molecule has 3 N–H and O–H groups in total. The van der Waals surface area contributed by atoms with Crippen LogP contribution in [0.15, 0.2) is 55.1 Å². The number of fused-ring (bicyclic) bond motifs is 2. The average molecular weight is 537 g/mol. The van der Waals surface area contributed by atoms with Crippen molar-refractivity contribution in [3.05, 3.63) is 60.0 Å². The molecular formula is C28H24N8O2S. The van der Waals surface area contributed by atoms with Crippen LogP contribution in [0.4, 0.5) is 5.69 Å². The van der Waals surface area contributed by atoms with Crippen LogP contribution in [0.3, 0.4) is 0 Å². The molecule has 0 aliphatic carbocycles. The molecule has 0 aromatic carbocycles. The monoisotopic (exact) mass is 536 g/mol. The van der Waals surface area contributed by atoms with Gasteiger partial charge in [-0.2, -0.15) is 5.10 Å². The fourth-order valence-corrected chi connectivity index (χ4v) is 5.31. The van der Waals surface area contributed by atoms with Gasteiger partial charge in [0.05, 0.1) is 22.1 Å². The number of nitrogens with zero attached hydrogens (tertiary/aromatic N) is 5. The minimum absolute atomic E-state index is 0.0317. The van der Waals surface area contributed by atoms with Crippen LogP contribution >= 0.6 is 11.3 Å². The van der Waals surface area contributed by atoms with Crippen LogP contribution in [0.25, 0.3) is 55.3 Å². The predicted molar refractivity (Wildman–Crippen MR) is 151 cm³/mol. The molecule has 6 aromatic rings. The Balaban J connectivity index is 1.37. The van der Waals surface area contributed by atoms with E-state index in [4.69, 9.17) is 4.98 Å². The van der Waals surface area contributed by atoms with Gasteiger partial charge >= 0.3 is 0 Å². The van der Waals surface area contributed by atoms with E-state index in [0.29, 0.717) is 45.3 Å². The summed E-state index contributed by atoms with van der Waals surface area (Å²) >= 11 is 1.43. The number of anilines is 1. The van der Waals surface area contributed by atoms with E-state index in [-0.39, 0.29) is 17.6 Å². The number of Topliss-reactive ketones (excluding diaryl/α,β-unsaturated/α-hetero) is 1. The van der Waals surface area contributed by atoms with Crippen LogP contribution in [0.2, 0.25) is 0 Å². The van der Waals surface area contributed by atoms with Crippen LogP contribution in [0, 0.1) is 5.92 Å². The second kappa shape index (κ2) is 9.84. The van der Waals surface area contributed by atoms with Crippen molar-refractivity contribution < 1.29 is 9.59 Å². The van der Waals surface area contributed by atoms with E-state index in [0.717, 1.165) is 27.0 Å². The highest BCUT2D eigenvalue weighted by Gasteiger charge is 2.18. The number of ketones is 1. The number of nitrogens with one attached hydrogen (secondary N) is 3. The van der Waals surface area contributed by atoms with Crippen molar-refractivity contribution in [3.63, 3.8) is 0 Å². The van der Waals surface area contributed by atoms with Crippen molar-refractivity contribution in [1.29, 1.82) is 0 Å². The zero-order valence-corrected chi connectivity index (χ0v) is 22.3. The first-order chi connectivity index (χ1) is 18.9. The molecule has 0 spiro atoms. The maximum Gasteiger partial charge on any atom is 0.224 e. The van der Waals surface area contributed by atoms with E-state index in [9.17, 15) is 9.59 Å². The SMILES string of the molecule is CC(=O)c1ccc(-c2ccnc3[nH]c(-c4n[nH]c5ncc(-c6cncc(NC(=O)CC(C)C)c6)cc45)nc23)s1. The molecule has 10 nitrogen and oxygen atoms in total. The molecule has 6 aromatic heterocycles. The molecule has 0 radical (unpaired) electrons. The summed E-state index contributed by atoms with van der Waals surface area (Å²) in [4.78, 5) is 47.1. The number of pyridine rings is 3. The molecular weight excluding hydrogens is 512 g/mol. The lowest BCUT2D eigenvalue weighted by Crippen LogP contribution is -2.13. The number of aromatic nitrogens is 7. The summed E-state index contributed by atoms with van der Waals surface area (Å²) in [5.74, 6) is 0.795. The molecule has 6 rings (SSSR count). The van der Waals surface area contributed by atoms with E-state index in [1.54, 1.807) is 31.7 Å². The number of H-pyrrole nitrogens is 2. The lowest BCUT2D eigenvalue weighted by atomic mass is 10.1. The number of imidazole rings is 1. The van der Waals surface area contributed by atoms with Crippen LogP contribution in [0.5, 0.6) is 0 Å². The minimum Gasteiger partial charge on any atom is -0.325 e. The van der Waals surface area contributed by atoms with Crippen LogP contribution in [-0.2, 0) is 4.79 Å². The van der Waals surface area contributed by atoms with Gasteiger partial charge < -0.3 is 10.3 Å². The third kappa shape index (κ3) is 4.79. The van der Waals surface area contributed by atoms with Gasteiger partial charge in [-0.05, 0) is 43.2 Å². The topological polar surface area (TPSA) is 142 Å². The van der Waals surface area contributed by atoms with E-state index in [2.05, 4.69) is 35.5 Å². The lowest BCUT2D eigenvalue weighted by molar-refractivity contribution is -0.116. The number of carbonyl (C=O) groups excluding carboxylic acids is 2. The maximum atomic E-state index is 12.2. The number of rotatable bonds is 7. The van der Waals surface area contributed by atoms with Gasteiger partial charge in [-0.3, -0.25) is 19.7 Å². The van der Waals surface area contributed by atoms with Crippen molar-refractivity contribution >= 4 is 50.9 Å². The van der Waals surface area contributed by atoms with Gasteiger partial charge in [0.15, 0.2) is 22.9 Å². The second-order valence-electron chi connectivity index (χ2n) is 9.66. The largest absolute Gasteiger partial charge is 0.325 e. The fraction of sp³-hybridized carbons (Fsp3) is 0.179. The Labute approximate surface area is 227 Å². The molecule has 0 atom stereocenters. The Morgan fingerprint density at radius 1 is 1.03 bits per heavy atom. The Hall–Kier alpha value is -4.77. The quantitative estimate of drug-likeness (QED) is 0.216. The first kappa shape index (κ1) is 24.6. The molecule has 0 aliphatic heterocycles. The van der Waals surface area contributed by atoms with Gasteiger partial charge in [0, 0.05) is 46.6 Å². The van der Waals surface area contributed by atoms with E-state index in [1.807, 2.05) is 44.2 Å². The molecule has 0 saturated carbocycles. The highest BCUT2D eigenvalue weighted by molar-refractivity contribution is 7.17. The van der Waals surface area contributed by atoms with Gasteiger partial charge in [-0.25, -0.2) is 15.0 Å². The molecule has 0 bridgehead atoms. The van der Waals surface area contributed by atoms with Gasteiger partial charge in [0.2, 0.25) is 5.91 Å². The summed E-state index contributed by atoms with van der Waals surface area (Å²) in [7, 11) is 0. The Kier molecular flexibility index (Phi) is 6.20. The van der Waals surface area contributed by atoms with Gasteiger partial charge in [-0.15, -0.1) is 11.3 Å². The predicted octanol–water partition coefficient (Wildman–Crippen LogP) is 5.87. The number of thiophene rings is 1. The summed E-state index contributed by atoms with van der Waals surface area (Å²) in [6, 6.07) is 9.50. The summed E-state index contributed by atoms with van der Waals surface area (Å²) in [5.41, 5.74) is 5.68. The summed E-state index contributed by atoms with van der Waals surface area (Å²) in [6.45, 7) is 5.57. The highest BCUT2D eigenvalue weighted by atomic mass is 32.1. The Morgan fingerprint density at radius 3 is 2.67 bits per heavy atom. The van der Waals surface area contributed by atoms with Crippen molar-refractivity contribution in [2.24, 2.45) is 5.92 Å². The van der Waals surface area contributed by atoms with Crippen molar-refractivity contribution in [2.75, 3.05) is 5.32 Å². The zero-order valence-electron chi connectivity index (χ0n) is 21.4. The summed E-state index contributed by atoms with van der Waals surface area (Å²) in [6.07, 6.45) is 7.25. The summed E-state index contributed by atoms with van der Waals surface area (Å²) < 4.78 is 0. The minimum atomic E-state index is -0.0485. The van der Waals surface area contributed by atoms with Crippen LogP contribution in [0.1, 0.15) is 36.9 Å². The fourth-order valence-electron chi connectivity index (χ4n) is 4.38. The zero-order chi connectivity index (χ0) is 27.1. The standard InChI is InChI=1S/C28H24N8O2S/c1-14(2)8-23(38)32-18-9-16(11-29-13-18)17-10-20-25(35-36-26(20)31-12-17)28-33-24-19(6-7-30-27(24)34-28)22-5-4-21(39-22)15(3)37/h4-7,9-14H,8H2,1-3H3,(H,32,38)(H,30,33,34)(H,31,35,36). The molecule has 0 aliphatic rings. The Morgan fingerprint density at radius 2 is 1.87 bits per heavy atom. The van der Waals surface area contributed by atoms with Gasteiger partial charge in [0.25, 0.3) is 0 Å². The van der Waals surface area contributed by atoms with E-state index >= 15 is 0 Å². The number of hydrogen-bond donors (Lipinski definition) is 3. The third-order valence-corrected chi connectivity index (χ3v) is 7.41. The number of aromatic amines is 2. The molecule has 194 valence electrons. The number of amides is 1. The first-order valence-electron chi connectivity index (χ1n) is 12.4.